The molecule has 0 unspecified atom stereocenters. The predicted octanol–water partition coefficient (Wildman–Crippen LogP) is 2.85. The number of nitrogens with one attached hydrogen (secondary N) is 1. The Hall–Kier alpha value is -2.88. The van der Waals surface area contributed by atoms with E-state index in [0.29, 0.717) is 0 Å². The molecule has 3 rings (SSSR count). The summed E-state index contributed by atoms with van der Waals surface area (Å²) in [5.74, 6) is -2.62. The second-order valence-electron chi connectivity index (χ2n) is 5.08. The Labute approximate surface area is 143 Å². The summed E-state index contributed by atoms with van der Waals surface area (Å²) in [6.45, 7) is -0.606. The van der Waals surface area contributed by atoms with Gasteiger partial charge in [-0.2, -0.15) is 13.2 Å². The smallest absolute Gasteiger partial charge is 0.366 e. The minimum absolute atomic E-state index is 0.102. The lowest BCUT2D eigenvalue weighted by molar-refractivity contribution is -0.147. The van der Waals surface area contributed by atoms with Crippen molar-refractivity contribution in [3.63, 3.8) is 0 Å². The van der Waals surface area contributed by atoms with Gasteiger partial charge in [0.15, 0.2) is 0 Å². The molecule has 1 aromatic carbocycles. The average Bonchev–Trinajstić information content (AvgIpc) is 3.12. The van der Waals surface area contributed by atoms with Crippen molar-refractivity contribution in [2.24, 2.45) is 5.73 Å². The van der Waals surface area contributed by atoms with Gasteiger partial charge >= 0.3 is 6.18 Å². The van der Waals surface area contributed by atoms with Crippen LogP contribution in [0.4, 0.5) is 18.2 Å². The van der Waals surface area contributed by atoms with Crippen LogP contribution in [0.15, 0.2) is 35.7 Å². The highest BCUT2D eigenvalue weighted by Crippen LogP contribution is 2.31. The number of nitrogens with zero attached hydrogens (tertiary/aromatic N) is 2. The van der Waals surface area contributed by atoms with E-state index in [1.54, 1.807) is 17.5 Å². The number of hydrogen-bond donors (Lipinski definition) is 2. The molecule has 0 atom stereocenters. The van der Waals surface area contributed by atoms with E-state index in [1.807, 2.05) is 0 Å². The zero-order valence-electron chi connectivity index (χ0n) is 12.5. The SMILES string of the molecule is NC(=O)c1ccsc1NC(=O)Cn1c(C(F)(F)F)nc2ccccc21. The molecule has 0 bridgehead atoms. The summed E-state index contributed by atoms with van der Waals surface area (Å²) < 4.78 is 40.4. The lowest BCUT2D eigenvalue weighted by atomic mass is 10.3. The highest BCUT2D eigenvalue weighted by molar-refractivity contribution is 7.14. The number of thiophene rings is 1. The van der Waals surface area contributed by atoms with Gasteiger partial charge in [0.2, 0.25) is 11.7 Å². The number of anilines is 1. The van der Waals surface area contributed by atoms with E-state index in [2.05, 4.69) is 10.3 Å². The summed E-state index contributed by atoms with van der Waals surface area (Å²) in [5, 5.41) is 4.15. The normalized spacial score (nSPS) is 11.6. The van der Waals surface area contributed by atoms with Gasteiger partial charge in [-0.05, 0) is 23.6 Å². The summed E-state index contributed by atoms with van der Waals surface area (Å²) in [5.41, 5.74) is 5.60. The number of imidazole rings is 1. The zero-order chi connectivity index (χ0) is 18.2. The maximum Gasteiger partial charge on any atom is 0.449 e. The molecule has 3 N–H and O–H groups in total. The Morgan fingerprint density at radius 1 is 1.24 bits per heavy atom. The summed E-state index contributed by atoms with van der Waals surface area (Å²) >= 11 is 1.05. The van der Waals surface area contributed by atoms with Crippen LogP contribution in [0.1, 0.15) is 16.2 Å². The summed E-state index contributed by atoms with van der Waals surface area (Å²) in [4.78, 5) is 27.0. The topological polar surface area (TPSA) is 90.0 Å². The number of fused-ring (bicyclic) bond motifs is 1. The first-order chi connectivity index (χ1) is 11.8. The standard InChI is InChI=1S/C15H11F3N4O2S/c16-15(17,18)14-20-9-3-1-2-4-10(9)22(14)7-11(23)21-13-8(12(19)24)5-6-25-13/h1-6H,7H2,(H2,19,24)(H,21,23). The Kier molecular flexibility index (Phi) is 4.21. The number of halogens is 3. The molecule has 0 saturated carbocycles. The van der Waals surface area contributed by atoms with Crippen molar-refractivity contribution in [3.8, 4) is 0 Å². The van der Waals surface area contributed by atoms with Crippen LogP contribution in [0.3, 0.4) is 0 Å². The molecule has 2 amide bonds. The maximum atomic E-state index is 13.2. The van der Waals surface area contributed by atoms with E-state index >= 15 is 0 Å². The lowest BCUT2D eigenvalue weighted by Gasteiger charge is -2.11. The molecule has 0 saturated heterocycles. The highest BCUT2D eigenvalue weighted by Gasteiger charge is 2.38. The molecule has 10 heteroatoms. The van der Waals surface area contributed by atoms with Gasteiger partial charge < -0.3 is 15.6 Å². The number of primary amides is 1. The van der Waals surface area contributed by atoms with Crippen LogP contribution in [0.25, 0.3) is 11.0 Å². The molecule has 0 aliphatic heterocycles. The van der Waals surface area contributed by atoms with Gasteiger partial charge in [0, 0.05) is 0 Å². The molecule has 2 aromatic heterocycles. The van der Waals surface area contributed by atoms with Crippen LogP contribution >= 0.6 is 11.3 Å². The molecule has 25 heavy (non-hydrogen) atoms. The predicted molar refractivity (Wildman–Crippen MR) is 86.2 cm³/mol. The van der Waals surface area contributed by atoms with Crippen LogP contribution in [0.5, 0.6) is 0 Å². The first-order valence-electron chi connectivity index (χ1n) is 6.97. The van der Waals surface area contributed by atoms with Gasteiger partial charge in [0.05, 0.1) is 16.6 Å². The van der Waals surface area contributed by atoms with Crippen molar-refractivity contribution in [1.82, 2.24) is 9.55 Å². The molecule has 0 fully saturated rings. The third kappa shape index (κ3) is 3.33. The van der Waals surface area contributed by atoms with Gasteiger partial charge in [-0.25, -0.2) is 4.98 Å². The first-order valence-corrected chi connectivity index (χ1v) is 7.85. The van der Waals surface area contributed by atoms with E-state index in [-0.39, 0.29) is 21.6 Å². The Bertz CT molecular complexity index is 961. The second kappa shape index (κ2) is 6.20. The fourth-order valence-corrected chi connectivity index (χ4v) is 3.17. The van der Waals surface area contributed by atoms with Crippen molar-refractivity contribution < 1.29 is 22.8 Å². The molecular weight excluding hydrogens is 357 g/mol. The second-order valence-corrected chi connectivity index (χ2v) is 6.00. The van der Waals surface area contributed by atoms with E-state index in [0.717, 1.165) is 15.9 Å². The minimum atomic E-state index is -4.71. The van der Waals surface area contributed by atoms with Crippen molar-refractivity contribution in [2.45, 2.75) is 12.7 Å². The fourth-order valence-electron chi connectivity index (χ4n) is 2.36. The van der Waals surface area contributed by atoms with Crippen molar-refractivity contribution in [3.05, 3.63) is 47.1 Å². The molecule has 0 spiro atoms. The number of aromatic nitrogens is 2. The average molecular weight is 368 g/mol. The van der Waals surface area contributed by atoms with E-state index in [1.165, 1.54) is 18.2 Å². The Balaban J connectivity index is 1.93. The van der Waals surface area contributed by atoms with Crippen LogP contribution in [-0.2, 0) is 17.5 Å². The highest BCUT2D eigenvalue weighted by atomic mass is 32.1. The molecule has 6 nitrogen and oxygen atoms in total. The van der Waals surface area contributed by atoms with Gasteiger partial charge in [-0.3, -0.25) is 9.59 Å². The number of carbonyl (C=O) groups is 2. The quantitative estimate of drug-likeness (QED) is 0.742. The van der Waals surface area contributed by atoms with E-state index < -0.39 is 30.4 Å². The third-order valence-electron chi connectivity index (χ3n) is 3.39. The summed E-state index contributed by atoms with van der Waals surface area (Å²) in [7, 11) is 0. The lowest BCUT2D eigenvalue weighted by Crippen LogP contribution is -2.24. The minimum Gasteiger partial charge on any atom is -0.366 e. The number of para-hydroxylation sites is 2. The van der Waals surface area contributed by atoms with Gasteiger partial charge in [-0.15, -0.1) is 11.3 Å². The first kappa shape index (κ1) is 17.0. The number of carbonyl (C=O) groups excluding carboxylic acids is 2. The number of amides is 2. The molecule has 3 aromatic rings. The molecule has 0 aliphatic carbocycles. The van der Waals surface area contributed by atoms with Gasteiger partial charge in [0.25, 0.3) is 5.91 Å². The van der Waals surface area contributed by atoms with Crippen molar-refractivity contribution >= 4 is 39.2 Å². The van der Waals surface area contributed by atoms with Crippen LogP contribution < -0.4 is 11.1 Å². The Morgan fingerprint density at radius 3 is 2.64 bits per heavy atom. The Morgan fingerprint density at radius 2 is 1.96 bits per heavy atom. The third-order valence-corrected chi connectivity index (χ3v) is 4.22. The number of benzene rings is 1. The molecule has 0 aliphatic rings. The van der Waals surface area contributed by atoms with Crippen LogP contribution in [0, 0.1) is 0 Å². The van der Waals surface area contributed by atoms with Crippen molar-refractivity contribution in [1.29, 1.82) is 0 Å². The fraction of sp³-hybridized carbons (Fsp3) is 0.133. The van der Waals surface area contributed by atoms with Crippen molar-refractivity contribution in [2.75, 3.05) is 5.32 Å². The van der Waals surface area contributed by atoms with Crippen LogP contribution in [0.2, 0.25) is 0 Å². The monoisotopic (exact) mass is 368 g/mol. The van der Waals surface area contributed by atoms with E-state index in [4.69, 9.17) is 5.73 Å². The molecular formula is C15H11F3N4O2S. The molecule has 130 valence electrons. The van der Waals surface area contributed by atoms with Crippen LogP contribution in [-0.4, -0.2) is 21.4 Å². The summed E-state index contributed by atoms with van der Waals surface area (Å²) in [6, 6.07) is 7.43. The largest absolute Gasteiger partial charge is 0.449 e. The summed E-state index contributed by atoms with van der Waals surface area (Å²) in [6.07, 6.45) is -4.71. The van der Waals surface area contributed by atoms with Gasteiger partial charge in [0.1, 0.15) is 11.5 Å². The van der Waals surface area contributed by atoms with E-state index in [9.17, 15) is 22.8 Å². The maximum absolute atomic E-state index is 13.2. The number of hydrogen-bond acceptors (Lipinski definition) is 4. The zero-order valence-corrected chi connectivity index (χ0v) is 13.3. The van der Waals surface area contributed by atoms with Gasteiger partial charge in [-0.1, -0.05) is 12.1 Å². The number of rotatable bonds is 4. The number of alkyl halides is 3. The molecule has 0 radical (unpaired) electrons. The number of nitrogens with two attached hydrogens (primary N) is 1. The molecule has 2 heterocycles.